The quantitative estimate of drug-likeness (QED) is 0.797. The van der Waals surface area contributed by atoms with E-state index in [4.69, 9.17) is 0 Å². The largest absolute Gasteiger partial charge is 0.296 e. The number of benzene rings is 2. The van der Waals surface area contributed by atoms with E-state index in [-0.39, 0.29) is 5.54 Å². The van der Waals surface area contributed by atoms with Crippen molar-refractivity contribution in [3.05, 3.63) is 70.8 Å². The number of hydrogen-bond acceptors (Lipinski definition) is 1. The molecule has 0 fully saturated rings. The molecule has 0 spiro atoms. The van der Waals surface area contributed by atoms with E-state index in [1.54, 1.807) is 0 Å². The van der Waals surface area contributed by atoms with E-state index in [1.165, 1.54) is 22.3 Å². The van der Waals surface area contributed by atoms with Crippen LogP contribution in [-0.4, -0.2) is 0 Å². The molecule has 2 aromatic carbocycles. The third-order valence-electron chi connectivity index (χ3n) is 4.65. The summed E-state index contributed by atoms with van der Waals surface area (Å²) in [5, 5.41) is 3.88. The van der Waals surface area contributed by atoms with E-state index in [9.17, 15) is 0 Å². The average Bonchev–Trinajstić information content (AvgIpc) is 2.71. The Balaban J connectivity index is 2.05. The van der Waals surface area contributed by atoms with Crippen LogP contribution in [0, 0.1) is 0 Å². The molecule has 0 saturated carbocycles. The second-order valence-electron chi connectivity index (χ2n) is 5.40. The van der Waals surface area contributed by atoms with Gasteiger partial charge in [-0.2, -0.15) is 0 Å². The highest BCUT2D eigenvalue weighted by Crippen LogP contribution is 2.49. The number of hydrogen-bond donors (Lipinski definition) is 1. The lowest BCUT2D eigenvalue weighted by atomic mass is 9.79. The first-order valence-corrected chi connectivity index (χ1v) is 6.80. The molecule has 2 aliphatic rings. The summed E-state index contributed by atoms with van der Waals surface area (Å²) in [5.41, 5.74) is 6.03. The van der Waals surface area contributed by atoms with Gasteiger partial charge in [-0.3, -0.25) is 5.32 Å². The Bertz CT molecular complexity index is 604. The Morgan fingerprint density at radius 1 is 1.06 bits per heavy atom. The fourth-order valence-electron chi connectivity index (χ4n) is 3.84. The lowest BCUT2D eigenvalue weighted by Crippen LogP contribution is -2.43. The Labute approximate surface area is 108 Å². The lowest BCUT2D eigenvalue weighted by molar-refractivity contribution is 0.350. The van der Waals surface area contributed by atoms with Gasteiger partial charge in [0, 0.05) is 6.04 Å². The highest BCUT2D eigenvalue weighted by Gasteiger charge is 2.47. The molecule has 2 aliphatic heterocycles. The number of rotatable bonds is 1. The van der Waals surface area contributed by atoms with Gasteiger partial charge < -0.3 is 0 Å². The van der Waals surface area contributed by atoms with Gasteiger partial charge in [0.15, 0.2) is 0 Å². The van der Waals surface area contributed by atoms with Crippen LogP contribution < -0.4 is 5.32 Å². The summed E-state index contributed by atoms with van der Waals surface area (Å²) in [6, 6.07) is 18.3. The fourth-order valence-corrected chi connectivity index (χ4v) is 3.84. The molecule has 4 rings (SSSR count). The van der Waals surface area contributed by atoms with Crippen LogP contribution >= 0.6 is 0 Å². The van der Waals surface area contributed by atoms with E-state index in [1.807, 2.05) is 0 Å². The van der Waals surface area contributed by atoms with Crippen LogP contribution in [0.2, 0.25) is 0 Å². The molecule has 0 saturated heterocycles. The number of fused-ring (bicyclic) bond motifs is 7. The van der Waals surface area contributed by atoms with Gasteiger partial charge in [0.1, 0.15) is 0 Å². The predicted molar refractivity (Wildman–Crippen MR) is 73.5 cm³/mol. The molecule has 2 heterocycles. The van der Waals surface area contributed by atoms with Crippen LogP contribution in [-0.2, 0) is 12.0 Å². The zero-order valence-corrected chi connectivity index (χ0v) is 10.6. The molecular formula is C17H17N. The maximum atomic E-state index is 3.88. The van der Waals surface area contributed by atoms with Gasteiger partial charge in [0.05, 0.1) is 5.54 Å². The van der Waals surface area contributed by atoms with Gasteiger partial charge in [-0.25, -0.2) is 0 Å². The minimum atomic E-state index is 0.0517. The van der Waals surface area contributed by atoms with Crippen LogP contribution in [0.1, 0.15) is 41.6 Å². The molecule has 90 valence electrons. The highest BCUT2D eigenvalue weighted by atomic mass is 15.1. The van der Waals surface area contributed by atoms with Crippen molar-refractivity contribution in [2.24, 2.45) is 0 Å². The monoisotopic (exact) mass is 235 g/mol. The summed E-state index contributed by atoms with van der Waals surface area (Å²) in [4.78, 5) is 0. The van der Waals surface area contributed by atoms with Gasteiger partial charge in [0.25, 0.3) is 0 Å². The van der Waals surface area contributed by atoms with Gasteiger partial charge in [-0.05, 0) is 35.1 Å². The third kappa shape index (κ3) is 1.10. The van der Waals surface area contributed by atoms with Crippen molar-refractivity contribution in [1.82, 2.24) is 5.32 Å². The van der Waals surface area contributed by atoms with Gasteiger partial charge >= 0.3 is 0 Å². The smallest absolute Gasteiger partial charge is 0.0698 e. The van der Waals surface area contributed by atoms with Crippen molar-refractivity contribution in [2.45, 2.75) is 31.3 Å². The van der Waals surface area contributed by atoms with Crippen molar-refractivity contribution >= 4 is 0 Å². The molecule has 2 aromatic rings. The van der Waals surface area contributed by atoms with Crippen molar-refractivity contribution < 1.29 is 0 Å². The normalized spacial score (nSPS) is 27.7. The van der Waals surface area contributed by atoms with Crippen molar-refractivity contribution in [1.29, 1.82) is 0 Å². The van der Waals surface area contributed by atoms with Crippen LogP contribution in [0.3, 0.4) is 0 Å². The first-order valence-electron chi connectivity index (χ1n) is 6.80. The van der Waals surface area contributed by atoms with Gasteiger partial charge in [0.2, 0.25) is 0 Å². The van der Waals surface area contributed by atoms with E-state index >= 15 is 0 Å². The van der Waals surface area contributed by atoms with Crippen LogP contribution in [0.5, 0.6) is 0 Å². The topological polar surface area (TPSA) is 12.0 Å². The van der Waals surface area contributed by atoms with Crippen LogP contribution in [0.4, 0.5) is 0 Å². The van der Waals surface area contributed by atoms with Crippen molar-refractivity contribution in [3.63, 3.8) is 0 Å². The van der Waals surface area contributed by atoms with E-state index in [0.29, 0.717) is 6.04 Å². The second kappa shape index (κ2) is 3.46. The molecule has 1 N–H and O–H groups in total. The summed E-state index contributed by atoms with van der Waals surface area (Å²) in [7, 11) is 0. The maximum absolute atomic E-state index is 3.88. The number of nitrogens with one attached hydrogen (secondary N) is 1. The molecule has 1 nitrogen and oxygen atoms in total. The summed E-state index contributed by atoms with van der Waals surface area (Å²) >= 11 is 0. The molecule has 0 unspecified atom stereocenters. The summed E-state index contributed by atoms with van der Waals surface area (Å²) in [6.45, 7) is 2.29. The second-order valence-corrected chi connectivity index (χ2v) is 5.40. The van der Waals surface area contributed by atoms with E-state index < -0.39 is 0 Å². The molecule has 18 heavy (non-hydrogen) atoms. The molecule has 0 aromatic heterocycles. The van der Waals surface area contributed by atoms with E-state index in [2.05, 4.69) is 60.8 Å². The zero-order chi connectivity index (χ0) is 12.2. The Kier molecular flexibility index (Phi) is 1.98. The van der Waals surface area contributed by atoms with Gasteiger partial charge in [-0.15, -0.1) is 0 Å². The predicted octanol–water partition coefficient (Wildman–Crippen LogP) is 3.54. The molecule has 0 aliphatic carbocycles. The van der Waals surface area contributed by atoms with Crippen LogP contribution in [0.15, 0.2) is 48.5 Å². The Hall–Kier alpha value is -1.60. The Morgan fingerprint density at radius 2 is 1.78 bits per heavy atom. The minimum Gasteiger partial charge on any atom is -0.296 e. The molecule has 2 atom stereocenters. The first-order chi connectivity index (χ1) is 8.85. The average molecular weight is 235 g/mol. The lowest BCUT2D eigenvalue weighted by Gasteiger charge is -2.37. The van der Waals surface area contributed by atoms with Crippen LogP contribution in [0.25, 0.3) is 0 Å². The maximum Gasteiger partial charge on any atom is 0.0698 e. The van der Waals surface area contributed by atoms with E-state index in [0.717, 1.165) is 12.8 Å². The zero-order valence-electron chi connectivity index (χ0n) is 10.6. The third-order valence-corrected chi connectivity index (χ3v) is 4.65. The molecule has 0 radical (unpaired) electrons. The summed E-state index contributed by atoms with van der Waals surface area (Å²) < 4.78 is 0. The Morgan fingerprint density at radius 3 is 2.61 bits per heavy atom. The summed E-state index contributed by atoms with van der Waals surface area (Å²) in [5.74, 6) is 0. The standard InChI is InChI=1S/C17H17N/c1-2-17-14-9-5-3-7-12(14)11-16(18-17)13-8-4-6-10-15(13)17/h3-10,16,18H,2,11H2,1H3/t16-,17+/m0/s1. The van der Waals surface area contributed by atoms with Gasteiger partial charge in [-0.1, -0.05) is 55.5 Å². The fraction of sp³-hybridized carbons (Fsp3) is 0.294. The molecule has 0 amide bonds. The molecule has 1 heteroatoms. The highest BCUT2D eigenvalue weighted by molar-refractivity contribution is 5.54. The minimum absolute atomic E-state index is 0.0517. The van der Waals surface area contributed by atoms with Crippen molar-refractivity contribution in [2.75, 3.05) is 0 Å². The molecular weight excluding hydrogens is 218 g/mol. The van der Waals surface area contributed by atoms with Crippen molar-refractivity contribution in [3.8, 4) is 0 Å². The first kappa shape index (κ1) is 10.3. The SMILES string of the molecule is CC[C@@]12N[C@@H](Cc3ccccc31)c1ccccc12. The molecule has 2 bridgehead atoms. The summed E-state index contributed by atoms with van der Waals surface area (Å²) in [6.07, 6.45) is 2.23.